The lowest BCUT2D eigenvalue weighted by Crippen LogP contribution is -2.53. The van der Waals surface area contributed by atoms with Gasteiger partial charge in [-0.25, -0.2) is 0 Å². The number of ether oxygens (including phenoxy) is 1. The van der Waals surface area contributed by atoms with Crippen LogP contribution in [0.1, 0.15) is 72.6 Å². The van der Waals surface area contributed by atoms with E-state index in [4.69, 9.17) is 4.74 Å². The highest BCUT2D eigenvalue weighted by atomic mass is 16.5. The van der Waals surface area contributed by atoms with Gasteiger partial charge in [-0.2, -0.15) is 0 Å². The van der Waals surface area contributed by atoms with Crippen molar-refractivity contribution in [1.29, 1.82) is 0 Å². The van der Waals surface area contributed by atoms with Crippen LogP contribution in [0, 0.1) is 40.4 Å². The molecular formula is C24H34O4. The minimum absolute atomic E-state index is 0.0107. The highest BCUT2D eigenvalue weighted by Gasteiger charge is 2.61. The summed E-state index contributed by atoms with van der Waals surface area (Å²) in [4.78, 5) is 38.2. The summed E-state index contributed by atoms with van der Waals surface area (Å²) in [7, 11) is 0. The van der Waals surface area contributed by atoms with Crippen LogP contribution >= 0.6 is 0 Å². The lowest BCUT2D eigenvalue weighted by Gasteiger charge is -2.55. The van der Waals surface area contributed by atoms with Crippen LogP contribution in [0.4, 0.5) is 0 Å². The average Bonchev–Trinajstić information content (AvgIpc) is 2.95. The molecule has 3 saturated carbocycles. The first-order valence-electron chi connectivity index (χ1n) is 11.1. The Labute approximate surface area is 168 Å². The molecule has 0 aromatic carbocycles. The number of carbonyl (C=O) groups is 3. The zero-order valence-corrected chi connectivity index (χ0v) is 17.8. The lowest BCUT2D eigenvalue weighted by molar-refractivity contribution is -0.152. The van der Waals surface area contributed by atoms with Crippen molar-refractivity contribution in [2.24, 2.45) is 40.4 Å². The fraction of sp³-hybridized carbons (Fsp3) is 0.792. The van der Waals surface area contributed by atoms with E-state index in [2.05, 4.69) is 13.8 Å². The summed E-state index contributed by atoms with van der Waals surface area (Å²) in [6, 6.07) is 0. The van der Waals surface area contributed by atoms with Gasteiger partial charge in [0.1, 0.15) is 5.78 Å². The predicted octanol–water partition coefficient (Wildman–Crippen LogP) is 4.51. The van der Waals surface area contributed by atoms with Gasteiger partial charge in [0.15, 0.2) is 5.78 Å². The average molecular weight is 387 g/mol. The number of fused-ring (bicyclic) bond motifs is 5. The summed E-state index contributed by atoms with van der Waals surface area (Å²) in [6.07, 6.45) is 7.65. The SMILES string of the molecule is CC(C)COC(=O)[C@@H]1CC[C@@]2(C)C(=CC(=O)[C@@H]3[C@@H]2CC[C@]2(C)C(=O)CC[C@@H]32)C1. The molecule has 0 aliphatic heterocycles. The van der Waals surface area contributed by atoms with Gasteiger partial charge in [-0.3, -0.25) is 14.4 Å². The Kier molecular flexibility index (Phi) is 4.83. The first-order chi connectivity index (χ1) is 13.2. The topological polar surface area (TPSA) is 60.4 Å². The maximum absolute atomic E-state index is 13.2. The van der Waals surface area contributed by atoms with Crippen LogP contribution < -0.4 is 0 Å². The Morgan fingerprint density at radius 1 is 1.11 bits per heavy atom. The standard InChI is InChI=1S/C24H34O4/c1-14(2)13-28-22(27)15-7-9-23(3)16(11-15)12-19(25)21-17-5-6-20(26)24(17,4)10-8-18(21)23/h12,14-15,17-18,21H,5-11,13H2,1-4H3/t15-,17+,18+,21+,23+,24+/m1/s1. The van der Waals surface area contributed by atoms with Crippen LogP contribution in [0.3, 0.4) is 0 Å². The van der Waals surface area contributed by atoms with E-state index in [1.165, 1.54) is 0 Å². The van der Waals surface area contributed by atoms with Gasteiger partial charge in [-0.15, -0.1) is 0 Å². The van der Waals surface area contributed by atoms with E-state index in [0.29, 0.717) is 37.1 Å². The summed E-state index contributed by atoms with van der Waals surface area (Å²) in [6.45, 7) is 8.94. The third kappa shape index (κ3) is 2.90. The molecule has 4 aliphatic carbocycles. The third-order valence-electron chi connectivity index (χ3n) is 8.55. The molecule has 4 rings (SSSR count). The van der Waals surface area contributed by atoms with E-state index in [-0.39, 0.29) is 40.3 Å². The maximum Gasteiger partial charge on any atom is 0.309 e. The van der Waals surface area contributed by atoms with E-state index < -0.39 is 0 Å². The molecule has 4 heteroatoms. The summed E-state index contributed by atoms with van der Waals surface area (Å²) in [5.74, 6) is 1.18. The molecule has 0 aromatic heterocycles. The Morgan fingerprint density at radius 3 is 2.50 bits per heavy atom. The monoisotopic (exact) mass is 386 g/mol. The molecule has 0 bridgehead atoms. The van der Waals surface area contributed by atoms with E-state index in [1.807, 2.05) is 19.9 Å². The molecular weight excluding hydrogens is 352 g/mol. The number of hydrogen-bond donors (Lipinski definition) is 0. The fourth-order valence-corrected chi connectivity index (χ4v) is 6.74. The number of allylic oxidation sites excluding steroid dienone is 2. The Morgan fingerprint density at radius 2 is 1.79 bits per heavy atom. The predicted molar refractivity (Wildman–Crippen MR) is 106 cm³/mol. The largest absolute Gasteiger partial charge is 0.465 e. The van der Waals surface area contributed by atoms with Crippen molar-refractivity contribution in [1.82, 2.24) is 0 Å². The van der Waals surface area contributed by atoms with Gasteiger partial charge in [0.2, 0.25) is 0 Å². The van der Waals surface area contributed by atoms with E-state index in [9.17, 15) is 14.4 Å². The number of rotatable bonds is 3. The smallest absolute Gasteiger partial charge is 0.309 e. The summed E-state index contributed by atoms with van der Waals surface area (Å²) >= 11 is 0. The van der Waals surface area contributed by atoms with Gasteiger partial charge in [0.25, 0.3) is 0 Å². The van der Waals surface area contributed by atoms with Crippen molar-refractivity contribution in [3.05, 3.63) is 11.6 Å². The molecule has 0 heterocycles. The minimum atomic E-state index is -0.295. The lowest BCUT2D eigenvalue weighted by atomic mass is 9.47. The molecule has 154 valence electrons. The zero-order chi connectivity index (χ0) is 20.3. The van der Waals surface area contributed by atoms with Gasteiger partial charge >= 0.3 is 5.97 Å². The van der Waals surface area contributed by atoms with Crippen molar-refractivity contribution in [3.8, 4) is 0 Å². The van der Waals surface area contributed by atoms with Crippen molar-refractivity contribution in [2.75, 3.05) is 6.61 Å². The molecule has 4 nitrogen and oxygen atoms in total. The highest BCUT2D eigenvalue weighted by molar-refractivity contribution is 5.97. The normalized spacial score (nSPS) is 42.5. The van der Waals surface area contributed by atoms with Crippen LogP contribution in [-0.4, -0.2) is 24.1 Å². The molecule has 3 fully saturated rings. The second-order valence-electron chi connectivity index (χ2n) is 10.6. The Hall–Kier alpha value is -1.45. The Bertz CT molecular complexity index is 735. The van der Waals surface area contributed by atoms with Crippen molar-refractivity contribution in [3.63, 3.8) is 0 Å². The molecule has 0 unspecified atom stereocenters. The number of carbonyl (C=O) groups excluding carboxylic acids is 3. The van der Waals surface area contributed by atoms with Crippen molar-refractivity contribution >= 4 is 17.5 Å². The van der Waals surface area contributed by atoms with E-state index >= 15 is 0 Å². The molecule has 0 amide bonds. The molecule has 6 atom stereocenters. The number of ketones is 2. The summed E-state index contributed by atoms with van der Waals surface area (Å²) in [5.41, 5.74) is 0.848. The number of Topliss-reactive ketones (excluding diaryl/α,β-unsaturated/α-hetero) is 1. The molecule has 0 aromatic rings. The zero-order valence-electron chi connectivity index (χ0n) is 17.8. The van der Waals surface area contributed by atoms with Gasteiger partial charge in [0.05, 0.1) is 12.5 Å². The third-order valence-corrected chi connectivity index (χ3v) is 8.55. The van der Waals surface area contributed by atoms with Crippen LogP contribution in [0.25, 0.3) is 0 Å². The van der Waals surface area contributed by atoms with Crippen LogP contribution in [-0.2, 0) is 19.1 Å². The van der Waals surface area contributed by atoms with E-state index in [1.54, 1.807) is 0 Å². The van der Waals surface area contributed by atoms with E-state index in [0.717, 1.165) is 37.7 Å². The molecule has 0 spiro atoms. The van der Waals surface area contributed by atoms with Crippen LogP contribution in [0.2, 0.25) is 0 Å². The minimum Gasteiger partial charge on any atom is -0.465 e. The summed E-state index contributed by atoms with van der Waals surface area (Å²) in [5, 5.41) is 0. The first kappa shape index (κ1) is 19.8. The fourth-order valence-electron chi connectivity index (χ4n) is 6.74. The highest BCUT2D eigenvalue weighted by Crippen LogP contribution is 2.63. The molecule has 0 N–H and O–H groups in total. The first-order valence-corrected chi connectivity index (χ1v) is 11.1. The number of esters is 1. The molecule has 0 saturated heterocycles. The van der Waals surface area contributed by atoms with Gasteiger partial charge in [-0.1, -0.05) is 33.3 Å². The molecule has 0 radical (unpaired) electrons. The van der Waals surface area contributed by atoms with Crippen molar-refractivity contribution < 1.29 is 19.1 Å². The molecule has 4 aliphatic rings. The second-order valence-corrected chi connectivity index (χ2v) is 10.6. The van der Waals surface area contributed by atoms with Gasteiger partial charge in [-0.05, 0) is 67.8 Å². The Balaban J connectivity index is 1.57. The summed E-state index contributed by atoms with van der Waals surface area (Å²) < 4.78 is 5.48. The maximum atomic E-state index is 13.2. The van der Waals surface area contributed by atoms with Crippen molar-refractivity contribution in [2.45, 2.75) is 72.6 Å². The second kappa shape index (κ2) is 6.81. The quantitative estimate of drug-likeness (QED) is 0.670. The van der Waals surface area contributed by atoms with Gasteiger partial charge < -0.3 is 4.74 Å². The van der Waals surface area contributed by atoms with Crippen LogP contribution in [0.5, 0.6) is 0 Å². The number of hydrogen-bond acceptors (Lipinski definition) is 4. The van der Waals surface area contributed by atoms with Gasteiger partial charge in [0, 0.05) is 17.8 Å². The molecule has 28 heavy (non-hydrogen) atoms. The van der Waals surface area contributed by atoms with Crippen LogP contribution in [0.15, 0.2) is 11.6 Å².